The van der Waals surface area contributed by atoms with Gasteiger partial charge in [0.05, 0.1) is 5.41 Å². The first kappa shape index (κ1) is 26.7. The summed E-state index contributed by atoms with van der Waals surface area (Å²) >= 11 is 0. The van der Waals surface area contributed by atoms with Crippen molar-refractivity contribution >= 4 is 0 Å². The maximum Gasteiger partial charge on any atom is 0.0713 e. The summed E-state index contributed by atoms with van der Waals surface area (Å²) in [5, 5.41) is 0. The van der Waals surface area contributed by atoms with Crippen molar-refractivity contribution in [3.05, 3.63) is 166 Å². The average Bonchev–Trinajstić information content (AvgIpc) is 3.25. The Morgan fingerprint density at radius 1 is 0.564 bits per heavy atom. The molecule has 196 valence electrons. The molecule has 0 saturated heterocycles. The Labute approximate surface area is 235 Å². The molecule has 0 heterocycles. The smallest absolute Gasteiger partial charge is 0.0651 e. The van der Waals surface area contributed by atoms with Crippen LogP contribution < -0.4 is 0 Å². The molecule has 0 fully saturated rings. The van der Waals surface area contributed by atoms with E-state index in [1.54, 1.807) is 0 Å². The van der Waals surface area contributed by atoms with Gasteiger partial charge in [0.15, 0.2) is 0 Å². The van der Waals surface area contributed by atoms with Gasteiger partial charge in [-0.05, 0) is 63.3 Å². The first-order valence-electron chi connectivity index (χ1n) is 14.3. The van der Waals surface area contributed by atoms with Crippen LogP contribution in [-0.2, 0) is 17.3 Å². The van der Waals surface area contributed by atoms with Gasteiger partial charge >= 0.3 is 0 Å². The van der Waals surface area contributed by atoms with E-state index >= 15 is 0 Å². The molecule has 0 atom stereocenters. The highest BCUT2D eigenvalue weighted by Crippen LogP contribution is 2.56. The van der Waals surface area contributed by atoms with Crippen LogP contribution in [0.1, 0.15) is 73.1 Å². The van der Waals surface area contributed by atoms with Gasteiger partial charge in [0.1, 0.15) is 0 Å². The second-order valence-electron chi connectivity index (χ2n) is 11.8. The van der Waals surface area contributed by atoms with Crippen LogP contribution in [0, 0.1) is 6.92 Å². The zero-order valence-electron chi connectivity index (χ0n) is 24.0. The maximum absolute atomic E-state index is 2.37. The first-order chi connectivity index (χ1) is 18.9. The molecular weight excluding hydrogens is 468 g/mol. The third kappa shape index (κ3) is 5.09. The highest BCUT2D eigenvalue weighted by Gasteiger charge is 2.45. The summed E-state index contributed by atoms with van der Waals surface area (Å²) in [6.07, 6.45) is 2.43. The van der Waals surface area contributed by atoms with Gasteiger partial charge in [-0.3, -0.25) is 0 Å². The average molecular weight is 509 g/mol. The van der Waals surface area contributed by atoms with Gasteiger partial charge in [0.2, 0.25) is 0 Å². The van der Waals surface area contributed by atoms with Gasteiger partial charge in [0.25, 0.3) is 0 Å². The van der Waals surface area contributed by atoms with Crippen LogP contribution in [0.3, 0.4) is 0 Å². The summed E-state index contributed by atoms with van der Waals surface area (Å²) in [5.41, 5.74) is 12.3. The van der Waals surface area contributed by atoms with Crippen molar-refractivity contribution in [2.45, 2.75) is 58.3 Å². The third-order valence-electron chi connectivity index (χ3n) is 7.97. The molecule has 5 aromatic rings. The van der Waals surface area contributed by atoms with Crippen molar-refractivity contribution in [1.82, 2.24) is 0 Å². The standard InChI is InChI=1S/C26H20.C13H20/c1-19-16-17-23-22-14-8-9-15-24(22)26(25(23)18-19,20-10-4-2-5-11-20)21-12-6-3-7-13-21;1-5-6-11-7-9-12(10-8-11)13(2,3)4/h2-18H,1H3;7-10H,5-6H2,1-4H3. The van der Waals surface area contributed by atoms with E-state index in [1.807, 2.05) is 0 Å². The Balaban J connectivity index is 0.000000201. The number of benzene rings is 5. The number of fused-ring (bicyclic) bond motifs is 3. The topological polar surface area (TPSA) is 0 Å². The number of aryl methyl sites for hydroxylation is 2. The van der Waals surface area contributed by atoms with E-state index < -0.39 is 0 Å². The van der Waals surface area contributed by atoms with Crippen LogP contribution in [0.25, 0.3) is 11.1 Å². The molecule has 0 aliphatic heterocycles. The van der Waals surface area contributed by atoms with Crippen LogP contribution in [0.2, 0.25) is 0 Å². The van der Waals surface area contributed by atoms with Gasteiger partial charge in [-0.1, -0.05) is 167 Å². The zero-order chi connectivity index (χ0) is 27.5. The molecule has 0 amide bonds. The number of hydrogen-bond donors (Lipinski definition) is 0. The fraction of sp³-hybridized carbons (Fsp3) is 0.231. The molecule has 0 radical (unpaired) electrons. The molecule has 0 heteroatoms. The Hall–Kier alpha value is -3.90. The van der Waals surface area contributed by atoms with E-state index in [-0.39, 0.29) is 10.8 Å². The Bertz CT molecular complexity index is 1480. The molecule has 6 rings (SSSR count). The SMILES string of the molecule is CCCc1ccc(C(C)(C)C)cc1.Cc1ccc2c(c1)C(c1ccccc1)(c1ccccc1)c1ccccc1-2. The van der Waals surface area contributed by atoms with E-state index in [9.17, 15) is 0 Å². The van der Waals surface area contributed by atoms with E-state index in [2.05, 4.69) is 162 Å². The molecule has 0 aromatic heterocycles. The minimum atomic E-state index is -0.263. The van der Waals surface area contributed by atoms with Crippen molar-refractivity contribution in [3.63, 3.8) is 0 Å². The quantitative estimate of drug-likeness (QED) is 0.222. The van der Waals surface area contributed by atoms with Gasteiger partial charge in [0, 0.05) is 0 Å². The number of hydrogen-bond acceptors (Lipinski definition) is 0. The van der Waals surface area contributed by atoms with Gasteiger partial charge in [-0.2, -0.15) is 0 Å². The first-order valence-corrected chi connectivity index (χ1v) is 14.3. The van der Waals surface area contributed by atoms with Crippen LogP contribution >= 0.6 is 0 Å². The molecule has 0 nitrogen and oxygen atoms in total. The monoisotopic (exact) mass is 508 g/mol. The molecule has 0 N–H and O–H groups in total. The van der Waals surface area contributed by atoms with Crippen molar-refractivity contribution < 1.29 is 0 Å². The molecule has 5 aromatic carbocycles. The van der Waals surface area contributed by atoms with E-state index in [4.69, 9.17) is 0 Å². The Morgan fingerprint density at radius 3 is 1.67 bits per heavy atom. The Morgan fingerprint density at radius 2 is 1.10 bits per heavy atom. The van der Waals surface area contributed by atoms with Crippen molar-refractivity contribution in [3.8, 4) is 11.1 Å². The largest absolute Gasteiger partial charge is 0.0713 e. The lowest BCUT2D eigenvalue weighted by molar-refractivity contribution is 0.590. The molecule has 1 aliphatic rings. The summed E-state index contributed by atoms with van der Waals surface area (Å²) in [5.74, 6) is 0. The highest BCUT2D eigenvalue weighted by molar-refractivity contribution is 5.86. The van der Waals surface area contributed by atoms with Gasteiger partial charge in [-0.25, -0.2) is 0 Å². The lowest BCUT2D eigenvalue weighted by atomic mass is 9.67. The Kier molecular flexibility index (Phi) is 7.58. The normalized spacial score (nSPS) is 13.2. The fourth-order valence-corrected chi connectivity index (χ4v) is 6.02. The maximum atomic E-state index is 2.37. The summed E-state index contributed by atoms with van der Waals surface area (Å²) < 4.78 is 0. The molecule has 39 heavy (non-hydrogen) atoms. The van der Waals surface area contributed by atoms with E-state index in [0.717, 1.165) is 0 Å². The van der Waals surface area contributed by atoms with Crippen LogP contribution in [0.5, 0.6) is 0 Å². The molecule has 0 unspecified atom stereocenters. The van der Waals surface area contributed by atoms with Crippen molar-refractivity contribution in [1.29, 1.82) is 0 Å². The second kappa shape index (κ2) is 11.1. The van der Waals surface area contributed by atoms with E-state index in [1.165, 1.54) is 62.9 Å². The summed E-state index contributed by atoms with van der Waals surface area (Å²) in [4.78, 5) is 0. The molecule has 0 bridgehead atoms. The minimum absolute atomic E-state index is 0.263. The third-order valence-corrected chi connectivity index (χ3v) is 7.97. The van der Waals surface area contributed by atoms with Crippen molar-refractivity contribution in [2.75, 3.05) is 0 Å². The predicted octanol–water partition coefficient (Wildman–Crippen LogP) is 10.3. The minimum Gasteiger partial charge on any atom is -0.0651 e. The molecule has 1 aliphatic carbocycles. The summed E-state index contributed by atoms with van der Waals surface area (Å²) in [6, 6.07) is 46.6. The fourth-order valence-electron chi connectivity index (χ4n) is 6.02. The summed E-state index contributed by atoms with van der Waals surface area (Å²) in [7, 11) is 0. The zero-order valence-corrected chi connectivity index (χ0v) is 24.0. The lowest BCUT2D eigenvalue weighted by Gasteiger charge is -2.34. The van der Waals surface area contributed by atoms with Crippen molar-refractivity contribution in [2.24, 2.45) is 0 Å². The second-order valence-corrected chi connectivity index (χ2v) is 11.8. The van der Waals surface area contributed by atoms with Gasteiger partial charge < -0.3 is 0 Å². The van der Waals surface area contributed by atoms with E-state index in [0.29, 0.717) is 0 Å². The lowest BCUT2D eigenvalue weighted by Crippen LogP contribution is -2.28. The molecule has 0 saturated carbocycles. The number of rotatable bonds is 4. The highest BCUT2D eigenvalue weighted by atomic mass is 14.5. The molecule has 0 spiro atoms. The molecular formula is C39H40. The predicted molar refractivity (Wildman–Crippen MR) is 168 cm³/mol. The van der Waals surface area contributed by atoms with Gasteiger partial charge in [-0.15, -0.1) is 0 Å². The van der Waals surface area contributed by atoms with Crippen LogP contribution in [0.4, 0.5) is 0 Å². The van der Waals surface area contributed by atoms with Crippen LogP contribution in [-0.4, -0.2) is 0 Å². The summed E-state index contributed by atoms with van der Waals surface area (Å²) in [6.45, 7) is 11.2. The van der Waals surface area contributed by atoms with Crippen LogP contribution in [0.15, 0.2) is 127 Å².